The van der Waals surface area contributed by atoms with Crippen LogP contribution < -0.4 is 10.1 Å². The molecule has 6 nitrogen and oxygen atoms in total. The average molecular weight is 438 g/mol. The van der Waals surface area contributed by atoms with Crippen molar-refractivity contribution in [2.24, 2.45) is 0 Å². The number of benzene rings is 3. The van der Waals surface area contributed by atoms with E-state index in [4.69, 9.17) is 21.1 Å². The van der Waals surface area contributed by atoms with E-state index in [9.17, 15) is 14.4 Å². The smallest absolute Gasteiger partial charge is 0.338 e. The van der Waals surface area contributed by atoms with E-state index in [0.717, 1.165) is 16.7 Å². The van der Waals surface area contributed by atoms with E-state index in [1.165, 1.54) is 6.92 Å². The SMILES string of the molecule is CC(=O)Oc1ccc(-c2ccc(C(=O)OCC(=O)Nc3cccc(Cl)c3C)cc2)cc1. The number of nitrogens with one attached hydrogen (secondary N) is 1. The monoisotopic (exact) mass is 437 g/mol. The van der Waals surface area contributed by atoms with Crippen molar-refractivity contribution in [2.75, 3.05) is 11.9 Å². The van der Waals surface area contributed by atoms with Gasteiger partial charge in [-0.25, -0.2) is 4.79 Å². The number of amides is 1. The average Bonchev–Trinajstić information content (AvgIpc) is 2.75. The van der Waals surface area contributed by atoms with Gasteiger partial charge in [0.1, 0.15) is 5.75 Å². The number of ether oxygens (including phenoxy) is 2. The minimum Gasteiger partial charge on any atom is -0.452 e. The van der Waals surface area contributed by atoms with Gasteiger partial charge in [0.05, 0.1) is 5.56 Å². The summed E-state index contributed by atoms with van der Waals surface area (Å²) < 4.78 is 10.1. The molecule has 0 saturated carbocycles. The first-order chi connectivity index (χ1) is 14.8. The van der Waals surface area contributed by atoms with Gasteiger partial charge >= 0.3 is 11.9 Å². The first kappa shape index (κ1) is 22.1. The lowest BCUT2D eigenvalue weighted by Crippen LogP contribution is -2.21. The van der Waals surface area contributed by atoms with E-state index in [0.29, 0.717) is 22.0 Å². The second-order valence-electron chi connectivity index (χ2n) is 6.73. The zero-order chi connectivity index (χ0) is 22.4. The Morgan fingerprint density at radius 1 is 0.903 bits per heavy atom. The molecule has 0 unspecified atom stereocenters. The molecule has 1 amide bonds. The summed E-state index contributed by atoms with van der Waals surface area (Å²) in [5, 5.41) is 3.21. The third-order valence-corrected chi connectivity index (χ3v) is 4.86. The largest absolute Gasteiger partial charge is 0.452 e. The number of hydrogen-bond acceptors (Lipinski definition) is 5. The van der Waals surface area contributed by atoms with Crippen LogP contribution in [0.15, 0.2) is 66.7 Å². The highest BCUT2D eigenvalue weighted by atomic mass is 35.5. The first-order valence-electron chi connectivity index (χ1n) is 9.44. The number of carbonyl (C=O) groups excluding carboxylic acids is 3. The lowest BCUT2D eigenvalue weighted by atomic mass is 10.0. The highest BCUT2D eigenvalue weighted by Crippen LogP contribution is 2.24. The number of anilines is 1. The molecule has 7 heteroatoms. The van der Waals surface area contributed by atoms with Gasteiger partial charge in [-0.1, -0.05) is 41.9 Å². The fraction of sp³-hybridized carbons (Fsp3) is 0.125. The molecular weight excluding hydrogens is 418 g/mol. The molecule has 0 saturated heterocycles. The second kappa shape index (κ2) is 9.91. The molecule has 158 valence electrons. The molecule has 0 atom stereocenters. The lowest BCUT2D eigenvalue weighted by molar-refractivity contribution is -0.131. The van der Waals surface area contributed by atoms with Crippen molar-refractivity contribution in [1.29, 1.82) is 0 Å². The van der Waals surface area contributed by atoms with Gasteiger partial charge in [0.15, 0.2) is 6.61 Å². The van der Waals surface area contributed by atoms with Crippen LogP contribution in [0.2, 0.25) is 5.02 Å². The van der Waals surface area contributed by atoms with Crippen molar-refractivity contribution in [3.8, 4) is 16.9 Å². The number of esters is 2. The van der Waals surface area contributed by atoms with Crippen LogP contribution in [0, 0.1) is 6.92 Å². The maximum absolute atomic E-state index is 12.2. The number of hydrogen-bond donors (Lipinski definition) is 1. The lowest BCUT2D eigenvalue weighted by Gasteiger charge is -2.10. The molecule has 0 radical (unpaired) electrons. The third kappa shape index (κ3) is 5.93. The number of carbonyl (C=O) groups is 3. The van der Waals surface area contributed by atoms with Crippen molar-refractivity contribution >= 4 is 35.1 Å². The first-order valence-corrected chi connectivity index (χ1v) is 9.82. The van der Waals surface area contributed by atoms with Crippen LogP contribution in [0.25, 0.3) is 11.1 Å². The Balaban J connectivity index is 1.57. The predicted octanol–water partition coefficient (Wildman–Crippen LogP) is 5.04. The van der Waals surface area contributed by atoms with Crippen LogP contribution in [0.5, 0.6) is 5.75 Å². The Morgan fingerprint density at radius 2 is 1.52 bits per heavy atom. The van der Waals surface area contributed by atoms with E-state index in [1.807, 2.05) is 12.1 Å². The van der Waals surface area contributed by atoms with Gasteiger partial charge in [-0.2, -0.15) is 0 Å². The van der Waals surface area contributed by atoms with E-state index in [1.54, 1.807) is 61.5 Å². The molecule has 3 aromatic carbocycles. The molecule has 0 aliphatic rings. The van der Waals surface area contributed by atoms with Crippen molar-refractivity contribution < 1.29 is 23.9 Å². The molecule has 0 aliphatic carbocycles. The van der Waals surface area contributed by atoms with Crippen LogP contribution in [-0.4, -0.2) is 24.5 Å². The molecule has 3 rings (SSSR count). The molecule has 0 fully saturated rings. The van der Waals surface area contributed by atoms with E-state index in [2.05, 4.69) is 5.32 Å². The van der Waals surface area contributed by atoms with Crippen molar-refractivity contribution in [3.63, 3.8) is 0 Å². The van der Waals surface area contributed by atoms with E-state index >= 15 is 0 Å². The summed E-state index contributed by atoms with van der Waals surface area (Å²) in [6, 6.07) is 19.0. The minimum atomic E-state index is -0.602. The fourth-order valence-corrected chi connectivity index (χ4v) is 3.00. The normalized spacial score (nSPS) is 10.3. The molecule has 3 aromatic rings. The molecule has 31 heavy (non-hydrogen) atoms. The Kier molecular flexibility index (Phi) is 7.05. The highest BCUT2D eigenvalue weighted by molar-refractivity contribution is 6.31. The Bertz CT molecular complexity index is 1110. The number of rotatable bonds is 6. The van der Waals surface area contributed by atoms with Gasteiger partial charge in [0, 0.05) is 17.6 Å². The van der Waals surface area contributed by atoms with Crippen LogP contribution in [0.3, 0.4) is 0 Å². The zero-order valence-electron chi connectivity index (χ0n) is 17.0. The number of halogens is 1. The molecular formula is C24H20ClNO5. The standard InChI is InChI=1S/C24H20ClNO5/c1-15-21(25)4-3-5-22(15)26-23(28)14-30-24(29)19-8-6-17(7-9-19)18-10-12-20(13-11-18)31-16(2)27/h3-13H,14H2,1-2H3,(H,26,28). The highest BCUT2D eigenvalue weighted by Gasteiger charge is 2.12. The molecule has 0 heterocycles. The van der Waals surface area contributed by atoms with Gasteiger partial charge in [-0.15, -0.1) is 0 Å². The van der Waals surface area contributed by atoms with Crippen molar-refractivity contribution in [3.05, 3.63) is 82.9 Å². The summed E-state index contributed by atoms with van der Waals surface area (Å²) in [5.41, 5.74) is 3.40. The van der Waals surface area contributed by atoms with Gasteiger partial charge in [-0.3, -0.25) is 9.59 Å². The maximum atomic E-state index is 12.2. The summed E-state index contributed by atoms with van der Waals surface area (Å²) in [6.45, 7) is 2.72. The minimum absolute atomic E-state index is 0.326. The molecule has 0 bridgehead atoms. The van der Waals surface area contributed by atoms with Gasteiger partial charge < -0.3 is 14.8 Å². The van der Waals surface area contributed by atoms with Crippen molar-refractivity contribution in [1.82, 2.24) is 0 Å². The van der Waals surface area contributed by atoms with Gasteiger partial charge in [-0.05, 0) is 60.0 Å². The summed E-state index contributed by atoms with van der Waals surface area (Å²) in [4.78, 5) is 35.3. The maximum Gasteiger partial charge on any atom is 0.338 e. The molecule has 1 N–H and O–H groups in total. The van der Waals surface area contributed by atoms with Crippen LogP contribution in [0.4, 0.5) is 5.69 Å². The zero-order valence-corrected chi connectivity index (χ0v) is 17.7. The Hall–Kier alpha value is -3.64. The summed E-state index contributed by atoms with van der Waals surface area (Å²) in [5.74, 6) is -0.979. The van der Waals surface area contributed by atoms with Gasteiger partial charge in [0.25, 0.3) is 5.91 Å². The molecule has 0 aromatic heterocycles. The molecule has 0 aliphatic heterocycles. The predicted molar refractivity (Wildman–Crippen MR) is 118 cm³/mol. The summed E-state index contributed by atoms with van der Waals surface area (Å²) in [7, 11) is 0. The topological polar surface area (TPSA) is 81.7 Å². The summed E-state index contributed by atoms with van der Waals surface area (Å²) in [6.07, 6.45) is 0. The van der Waals surface area contributed by atoms with E-state index < -0.39 is 18.5 Å². The van der Waals surface area contributed by atoms with Crippen molar-refractivity contribution in [2.45, 2.75) is 13.8 Å². The van der Waals surface area contributed by atoms with Crippen LogP contribution >= 0.6 is 11.6 Å². The van der Waals surface area contributed by atoms with Crippen LogP contribution in [-0.2, 0) is 14.3 Å². The summed E-state index contributed by atoms with van der Waals surface area (Å²) >= 11 is 6.03. The molecule has 0 spiro atoms. The van der Waals surface area contributed by atoms with Gasteiger partial charge in [0.2, 0.25) is 0 Å². The Labute approximate surface area is 184 Å². The van der Waals surface area contributed by atoms with E-state index in [-0.39, 0.29) is 5.97 Å². The van der Waals surface area contributed by atoms with Crippen LogP contribution in [0.1, 0.15) is 22.8 Å². The third-order valence-electron chi connectivity index (χ3n) is 4.45. The second-order valence-corrected chi connectivity index (χ2v) is 7.14. The Morgan fingerprint density at radius 3 is 2.13 bits per heavy atom. The fourth-order valence-electron chi connectivity index (χ4n) is 2.82. The quantitative estimate of drug-likeness (QED) is 0.431.